The fourth-order valence-corrected chi connectivity index (χ4v) is 4.86. The number of nitrogens with one attached hydrogen (secondary N) is 1. The Bertz CT molecular complexity index is 636. The molecule has 0 radical (unpaired) electrons. The Hall–Kier alpha value is -1.56. The summed E-state index contributed by atoms with van der Waals surface area (Å²) < 4.78 is 25.2. The van der Waals surface area contributed by atoms with Gasteiger partial charge in [-0.3, -0.25) is 4.79 Å². The van der Waals surface area contributed by atoms with Gasteiger partial charge < -0.3 is 10.4 Å². The molecule has 104 valence electrons. The zero-order valence-electron chi connectivity index (χ0n) is 11.1. The predicted molar refractivity (Wildman–Crippen MR) is 72.2 cm³/mol. The maximum Gasteiger partial charge on any atom is 0.304 e. The number of fused-ring (bicyclic) bond motifs is 1. The van der Waals surface area contributed by atoms with Crippen molar-refractivity contribution >= 4 is 21.5 Å². The summed E-state index contributed by atoms with van der Waals surface area (Å²) in [7, 11) is -3.62. The molecule has 19 heavy (non-hydrogen) atoms. The summed E-state index contributed by atoms with van der Waals surface area (Å²) >= 11 is 0. The predicted octanol–water partition coefficient (Wildman–Crippen LogP) is 1.73. The van der Waals surface area contributed by atoms with Gasteiger partial charge in [-0.15, -0.1) is 0 Å². The molecule has 1 heterocycles. The Morgan fingerprint density at radius 1 is 1.37 bits per heavy atom. The third kappa shape index (κ3) is 2.32. The molecule has 0 amide bonds. The van der Waals surface area contributed by atoms with Crippen LogP contribution in [0.5, 0.6) is 0 Å². The van der Waals surface area contributed by atoms with Gasteiger partial charge in [-0.05, 0) is 38.0 Å². The SMILES string of the molecule is Cc1cc(C)c2c(c1)NC(C)C(CC(=O)O)S2(=O)=O. The molecule has 0 saturated heterocycles. The van der Waals surface area contributed by atoms with Gasteiger partial charge in [0, 0.05) is 6.04 Å². The number of hydrogen-bond acceptors (Lipinski definition) is 4. The van der Waals surface area contributed by atoms with Gasteiger partial charge in [0.2, 0.25) is 0 Å². The first-order valence-corrected chi connectivity index (χ1v) is 7.61. The third-order valence-electron chi connectivity index (χ3n) is 3.42. The van der Waals surface area contributed by atoms with Crippen LogP contribution in [0.25, 0.3) is 0 Å². The molecule has 2 rings (SSSR count). The number of carbonyl (C=O) groups is 1. The van der Waals surface area contributed by atoms with Crippen LogP contribution in [0.1, 0.15) is 24.5 Å². The van der Waals surface area contributed by atoms with Gasteiger partial charge >= 0.3 is 5.97 Å². The minimum atomic E-state index is -3.62. The van der Waals surface area contributed by atoms with E-state index in [1.165, 1.54) is 0 Å². The quantitative estimate of drug-likeness (QED) is 0.863. The molecule has 6 heteroatoms. The lowest BCUT2D eigenvalue weighted by atomic mass is 10.1. The maximum absolute atomic E-state index is 12.6. The lowest BCUT2D eigenvalue weighted by Gasteiger charge is -2.32. The first-order chi connectivity index (χ1) is 8.73. The molecule has 1 aromatic carbocycles. The van der Waals surface area contributed by atoms with E-state index in [0.29, 0.717) is 11.3 Å². The topological polar surface area (TPSA) is 83.5 Å². The lowest BCUT2D eigenvalue weighted by molar-refractivity contribution is -0.137. The number of benzene rings is 1. The van der Waals surface area contributed by atoms with E-state index in [0.717, 1.165) is 5.56 Å². The molecule has 0 spiro atoms. The average molecular weight is 283 g/mol. The third-order valence-corrected chi connectivity index (χ3v) is 5.90. The number of aryl methyl sites for hydroxylation is 2. The molecule has 0 saturated carbocycles. The molecule has 1 aliphatic heterocycles. The van der Waals surface area contributed by atoms with E-state index in [1.54, 1.807) is 26.0 Å². The van der Waals surface area contributed by atoms with Crippen LogP contribution in [0.4, 0.5) is 5.69 Å². The van der Waals surface area contributed by atoms with Crippen LogP contribution in [-0.2, 0) is 14.6 Å². The molecule has 0 fully saturated rings. The van der Waals surface area contributed by atoms with Crippen LogP contribution in [0.3, 0.4) is 0 Å². The van der Waals surface area contributed by atoms with Gasteiger partial charge in [-0.25, -0.2) is 8.42 Å². The Morgan fingerprint density at radius 3 is 2.58 bits per heavy atom. The maximum atomic E-state index is 12.6. The van der Waals surface area contributed by atoms with Crippen LogP contribution in [-0.4, -0.2) is 30.8 Å². The first-order valence-electron chi connectivity index (χ1n) is 6.07. The number of anilines is 1. The number of hydrogen-bond donors (Lipinski definition) is 2. The lowest BCUT2D eigenvalue weighted by Crippen LogP contribution is -2.43. The number of sulfone groups is 1. The van der Waals surface area contributed by atoms with Gasteiger partial charge in [-0.2, -0.15) is 0 Å². The smallest absolute Gasteiger partial charge is 0.304 e. The van der Waals surface area contributed by atoms with Gasteiger partial charge in [0.15, 0.2) is 9.84 Å². The molecule has 1 aliphatic rings. The Labute approximate surface area is 112 Å². The van der Waals surface area contributed by atoms with E-state index in [4.69, 9.17) is 5.11 Å². The van der Waals surface area contributed by atoms with Gasteiger partial charge in [-0.1, -0.05) is 6.07 Å². The second-order valence-electron chi connectivity index (χ2n) is 5.07. The molecular weight excluding hydrogens is 266 g/mol. The average Bonchev–Trinajstić information content (AvgIpc) is 2.21. The van der Waals surface area contributed by atoms with Crippen molar-refractivity contribution in [3.05, 3.63) is 23.3 Å². The summed E-state index contributed by atoms with van der Waals surface area (Å²) in [6.45, 7) is 5.33. The summed E-state index contributed by atoms with van der Waals surface area (Å²) in [6, 6.07) is 3.16. The van der Waals surface area contributed by atoms with Crippen molar-refractivity contribution in [2.45, 2.75) is 43.4 Å². The van der Waals surface area contributed by atoms with Crippen molar-refractivity contribution in [2.24, 2.45) is 0 Å². The largest absolute Gasteiger partial charge is 0.481 e. The van der Waals surface area contributed by atoms with Crippen LogP contribution in [0.2, 0.25) is 0 Å². The van der Waals surface area contributed by atoms with Crippen LogP contribution < -0.4 is 5.32 Å². The molecule has 2 atom stereocenters. The molecule has 0 bridgehead atoms. The number of carboxylic acids is 1. The van der Waals surface area contributed by atoms with Gasteiger partial charge in [0.05, 0.1) is 22.3 Å². The van der Waals surface area contributed by atoms with Crippen molar-refractivity contribution in [2.75, 3.05) is 5.32 Å². The van der Waals surface area contributed by atoms with Crippen LogP contribution >= 0.6 is 0 Å². The Morgan fingerprint density at radius 2 is 2.00 bits per heavy atom. The molecular formula is C13H17NO4S. The van der Waals surface area contributed by atoms with Crippen molar-refractivity contribution < 1.29 is 18.3 Å². The second kappa shape index (κ2) is 4.52. The normalized spacial score (nSPS) is 24.4. The number of rotatable bonds is 2. The number of aliphatic carboxylic acids is 1. The van der Waals surface area contributed by atoms with Crippen LogP contribution in [0.15, 0.2) is 17.0 Å². The highest BCUT2D eigenvalue weighted by Crippen LogP contribution is 2.36. The monoisotopic (exact) mass is 283 g/mol. The summed E-state index contributed by atoms with van der Waals surface area (Å²) in [5.74, 6) is -1.10. The first kappa shape index (κ1) is 13.9. The highest BCUT2D eigenvalue weighted by atomic mass is 32.2. The van der Waals surface area contributed by atoms with Crippen molar-refractivity contribution in [1.82, 2.24) is 0 Å². The zero-order chi connectivity index (χ0) is 14.4. The fraction of sp³-hybridized carbons (Fsp3) is 0.462. The highest BCUT2D eigenvalue weighted by molar-refractivity contribution is 7.92. The second-order valence-corrected chi connectivity index (χ2v) is 7.18. The van der Waals surface area contributed by atoms with Crippen molar-refractivity contribution in [1.29, 1.82) is 0 Å². The Kier molecular flexibility index (Phi) is 3.30. The van der Waals surface area contributed by atoms with E-state index >= 15 is 0 Å². The standard InChI is InChI=1S/C13H17NO4S/c1-7-4-8(2)13-10(5-7)14-9(3)11(6-12(15)16)19(13,17)18/h4-5,9,11,14H,6H2,1-3H3,(H,15,16). The molecule has 2 N–H and O–H groups in total. The van der Waals surface area contributed by atoms with E-state index in [1.807, 2.05) is 6.92 Å². The van der Waals surface area contributed by atoms with Crippen molar-refractivity contribution in [3.63, 3.8) is 0 Å². The molecule has 5 nitrogen and oxygen atoms in total. The van der Waals surface area contributed by atoms with Crippen LogP contribution in [0, 0.1) is 13.8 Å². The summed E-state index contributed by atoms with van der Waals surface area (Å²) in [5.41, 5.74) is 2.21. The molecule has 1 aromatic rings. The Balaban J connectivity index is 2.62. The van der Waals surface area contributed by atoms with E-state index in [-0.39, 0.29) is 11.3 Å². The molecule has 2 unspecified atom stereocenters. The van der Waals surface area contributed by atoms with Gasteiger partial charge in [0.25, 0.3) is 0 Å². The van der Waals surface area contributed by atoms with E-state index in [9.17, 15) is 13.2 Å². The van der Waals surface area contributed by atoms with E-state index < -0.39 is 27.1 Å². The van der Waals surface area contributed by atoms with Crippen molar-refractivity contribution in [3.8, 4) is 0 Å². The van der Waals surface area contributed by atoms with Gasteiger partial charge in [0.1, 0.15) is 0 Å². The van der Waals surface area contributed by atoms with E-state index in [2.05, 4.69) is 5.32 Å². The fourth-order valence-electron chi connectivity index (χ4n) is 2.66. The minimum absolute atomic E-state index is 0.238. The number of carboxylic acid groups (broad SMARTS) is 1. The summed E-state index contributed by atoms with van der Waals surface area (Å²) in [4.78, 5) is 11.1. The minimum Gasteiger partial charge on any atom is -0.481 e. The molecule has 0 aliphatic carbocycles. The zero-order valence-corrected chi connectivity index (χ0v) is 11.9. The molecule has 0 aromatic heterocycles. The summed E-state index contributed by atoms with van der Waals surface area (Å²) in [5, 5.41) is 11.1. The summed E-state index contributed by atoms with van der Waals surface area (Å²) in [6.07, 6.45) is -0.386. The highest BCUT2D eigenvalue weighted by Gasteiger charge is 2.40.